The largest absolute Gasteiger partial charge is 0.508 e. The Labute approximate surface area is 119 Å². The molecule has 1 nitrogen and oxygen atoms in total. The molecule has 0 aliphatic heterocycles. The van der Waals surface area contributed by atoms with E-state index in [1.54, 1.807) is 6.07 Å². The van der Waals surface area contributed by atoms with Crippen molar-refractivity contribution in [2.24, 2.45) is 5.41 Å². The fourth-order valence-electron chi connectivity index (χ4n) is 2.65. The Bertz CT molecular complexity index is 354. The van der Waals surface area contributed by atoms with Gasteiger partial charge in [0.1, 0.15) is 5.75 Å². The van der Waals surface area contributed by atoms with Crippen LogP contribution in [0.5, 0.6) is 5.75 Å². The molecule has 1 N–H and O–H groups in total. The highest BCUT2D eigenvalue weighted by Gasteiger charge is 2.19. The standard InChI is InChI=1S/C18H30O/c1-4-5-6-7-8-11-14-18(2,3)15-16-12-9-10-13-17(16)19/h9-10,12-13,19H,4-8,11,14-15H2,1-3H3. The number of unbranched alkanes of at least 4 members (excludes halogenated alkanes) is 5. The molecule has 1 aromatic rings. The number of aromatic hydroxyl groups is 1. The third-order valence-electron chi connectivity index (χ3n) is 3.87. The molecule has 1 heteroatoms. The Kier molecular flexibility index (Phi) is 6.97. The maximum atomic E-state index is 9.84. The number of para-hydroxylation sites is 1. The van der Waals surface area contributed by atoms with Gasteiger partial charge in [-0.3, -0.25) is 0 Å². The molecular weight excluding hydrogens is 232 g/mol. The minimum absolute atomic E-state index is 0.281. The second-order valence-electron chi connectivity index (χ2n) is 6.49. The topological polar surface area (TPSA) is 20.2 Å². The van der Waals surface area contributed by atoms with Crippen molar-refractivity contribution in [1.82, 2.24) is 0 Å². The zero-order chi connectivity index (χ0) is 14.1. The van der Waals surface area contributed by atoms with Crippen LogP contribution >= 0.6 is 0 Å². The molecule has 0 atom stereocenters. The molecule has 0 aliphatic carbocycles. The van der Waals surface area contributed by atoms with Gasteiger partial charge in [-0.25, -0.2) is 0 Å². The van der Waals surface area contributed by atoms with Crippen LogP contribution in [0.15, 0.2) is 24.3 Å². The summed E-state index contributed by atoms with van der Waals surface area (Å²) in [5, 5.41) is 9.84. The zero-order valence-corrected chi connectivity index (χ0v) is 12.9. The van der Waals surface area contributed by atoms with E-state index < -0.39 is 0 Å². The molecule has 1 aromatic carbocycles. The summed E-state index contributed by atoms with van der Waals surface area (Å²) in [4.78, 5) is 0. The van der Waals surface area contributed by atoms with Gasteiger partial charge in [-0.15, -0.1) is 0 Å². The first kappa shape index (κ1) is 16.1. The van der Waals surface area contributed by atoms with E-state index >= 15 is 0 Å². The molecule has 0 saturated carbocycles. The van der Waals surface area contributed by atoms with Crippen LogP contribution in [0, 0.1) is 5.41 Å². The van der Waals surface area contributed by atoms with Gasteiger partial charge in [0.2, 0.25) is 0 Å². The molecule has 108 valence electrons. The van der Waals surface area contributed by atoms with Crippen LogP contribution in [-0.2, 0) is 6.42 Å². The lowest BCUT2D eigenvalue weighted by atomic mass is 9.81. The summed E-state index contributed by atoms with van der Waals surface area (Å²) < 4.78 is 0. The van der Waals surface area contributed by atoms with Crippen molar-refractivity contribution in [3.8, 4) is 5.75 Å². The van der Waals surface area contributed by atoms with Crippen molar-refractivity contribution in [3.05, 3.63) is 29.8 Å². The molecule has 0 aliphatic rings. The molecular formula is C18H30O. The Hall–Kier alpha value is -0.980. The predicted molar refractivity (Wildman–Crippen MR) is 83.6 cm³/mol. The van der Waals surface area contributed by atoms with E-state index in [1.807, 2.05) is 18.2 Å². The number of hydrogen-bond acceptors (Lipinski definition) is 1. The molecule has 0 heterocycles. The normalized spacial score (nSPS) is 11.7. The SMILES string of the molecule is CCCCCCCCC(C)(C)Cc1ccccc1O. The number of hydrogen-bond donors (Lipinski definition) is 1. The number of phenolic OH excluding ortho intramolecular Hbond substituents is 1. The highest BCUT2D eigenvalue weighted by atomic mass is 16.3. The van der Waals surface area contributed by atoms with Crippen LogP contribution < -0.4 is 0 Å². The summed E-state index contributed by atoms with van der Waals surface area (Å²) in [6, 6.07) is 7.73. The Morgan fingerprint density at radius 1 is 0.947 bits per heavy atom. The molecule has 0 fully saturated rings. The summed E-state index contributed by atoms with van der Waals surface area (Å²) in [6.07, 6.45) is 10.3. The average molecular weight is 262 g/mol. The van der Waals surface area contributed by atoms with E-state index in [2.05, 4.69) is 20.8 Å². The Morgan fingerprint density at radius 2 is 1.58 bits per heavy atom. The van der Waals surface area contributed by atoms with Gasteiger partial charge in [-0.2, -0.15) is 0 Å². The van der Waals surface area contributed by atoms with Gasteiger partial charge in [0, 0.05) is 0 Å². The molecule has 0 unspecified atom stereocenters. The highest BCUT2D eigenvalue weighted by molar-refractivity contribution is 5.32. The minimum atomic E-state index is 0.281. The average Bonchev–Trinajstić information content (AvgIpc) is 2.36. The maximum absolute atomic E-state index is 9.84. The van der Waals surface area contributed by atoms with Gasteiger partial charge in [-0.05, 0) is 29.9 Å². The van der Waals surface area contributed by atoms with Crippen LogP contribution in [0.3, 0.4) is 0 Å². The Morgan fingerprint density at radius 3 is 2.26 bits per heavy atom. The lowest BCUT2D eigenvalue weighted by molar-refractivity contribution is 0.311. The van der Waals surface area contributed by atoms with E-state index in [0.717, 1.165) is 12.0 Å². The molecule has 0 radical (unpaired) electrons. The van der Waals surface area contributed by atoms with Crippen LogP contribution in [0.4, 0.5) is 0 Å². The first-order chi connectivity index (χ1) is 9.05. The third-order valence-corrected chi connectivity index (χ3v) is 3.87. The van der Waals surface area contributed by atoms with E-state index in [1.165, 1.54) is 44.9 Å². The molecule has 0 spiro atoms. The molecule has 19 heavy (non-hydrogen) atoms. The van der Waals surface area contributed by atoms with E-state index in [4.69, 9.17) is 0 Å². The number of rotatable bonds is 9. The van der Waals surface area contributed by atoms with Crippen molar-refractivity contribution >= 4 is 0 Å². The number of phenols is 1. The maximum Gasteiger partial charge on any atom is 0.118 e. The van der Waals surface area contributed by atoms with E-state index in [0.29, 0.717) is 5.75 Å². The first-order valence-corrected chi connectivity index (χ1v) is 7.82. The summed E-state index contributed by atoms with van der Waals surface area (Å²) >= 11 is 0. The molecule has 1 rings (SSSR count). The lowest BCUT2D eigenvalue weighted by Gasteiger charge is -2.25. The Balaban J connectivity index is 2.30. The number of benzene rings is 1. The summed E-state index contributed by atoms with van der Waals surface area (Å²) in [5.74, 6) is 0.443. The van der Waals surface area contributed by atoms with Gasteiger partial charge in [-0.1, -0.05) is 77.5 Å². The van der Waals surface area contributed by atoms with Crippen molar-refractivity contribution in [2.75, 3.05) is 0 Å². The molecule has 0 aromatic heterocycles. The van der Waals surface area contributed by atoms with Crippen molar-refractivity contribution in [2.45, 2.75) is 72.1 Å². The molecule has 0 amide bonds. The smallest absolute Gasteiger partial charge is 0.118 e. The fourth-order valence-corrected chi connectivity index (χ4v) is 2.65. The van der Waals surface area contributed by atoms with Crippen LogP contribution in [0.1, 0.15) is 71.3 Å². The molecule has 0 saturated heterocycles. The fraction of sp³-hybridized carbons (Fsp3) is 0.667. The second kappa shape index (κ2) is 8.24. The highest BCUT2D eigenvalue weighted by Crippen LogP contribution is 2.31. The van der Waals surface area contributed by atoms with E-state index in [9.17, 15) is 5.11 Å². The summed E-state index contributed by atoms with van der Waals surface area (Å²) in [5.41, 5.74) is 1.36. The van der Waals surface area contributed by atoms with Crippen LogP contribution in [-0.4, -0.2) is 5.11 Å². The van der Waals surface area contributed by atoms with Crippen molar-refractivity contribution in [3.63, 3.8) is 0 Å². The third kappa shape index (κ3) is 6.66. The van der Waals surface area contributed by atoms with Crippen molar-refractivity contribution in [1.29, 1.82) is 0 Å². The lowest BCUT2D eigenvalue weighted by Crippen LogP contribution is -2.15. The van der Waals surface area contributed by atoms with Gasteiger partial charge in [0.25, 0.3) is 0 Å². The molecule has 0 bridgehead atoms. The second-order valence-corrected chi connectivity index (χ2v) is 6.49. The minimum Gasteiger partial charge on any atom is -0.508 e. The van der Waals surface area contributed by atoms with Gasteiger partial charge >= 0.3 is 0 Å². The quantitative estimate of drug-likeness (QED) is 0.565. The zero-order valence-electron chi connectivity index (χ0n) is 12.9. The first-order valence-electron chi connectivity index (χ1n) is 7.82. The summed E-state index contributed by atoms with van der Waals surface area (Å²) in [7, 11) is 0. The van der Waals surface area contributed by atoms with Crippen LogP contribution in [0.25, 0.3) is 0 Å². The summed E-state index contributed by atoms with van der Waals surface area (Å²) in [6.45, 7) is 6.88. The van der Waals surface area contributed by atoms with Crippen molar-refractivity contribution < 1.29 is 5.11 Å². The van der Waals surface area contributed by atoms with Gasteiger partial charge in [0.15, 0.2) is 0 Å². The van der Waals surface area contributed by atoms with Gasteiger partial charge < -0.3 is 5.11 Å². The predicted octanol–water partition coefficient (Wildman–Crippen LogP) is 5.71. The van der Waals surface area contributed by atoms with Gasteiger partial charge in [0.05, 0.1) is 0 Å². The van der Waals surface area contributed by atoms with Crippen LogP contribution in [0.2, 0.25) is 0 Å². The monoisotopic (exact) mass is 262 g/mol. The van der Waals surface area contributed by atoms with E-state index in [-0.39, 0.29) is 5.41 Å².